The van der Waals surface area contributed by atoms with Crippen LogP contribution in [0.3, 0.4) is 0 Å². The topological polar surface area (TPSA) is 49.3 Å². The van der Waals surface area contributed by atoms with E-state index in [1.165, 1.54) is 11.8 Å². The van der Waals surface area contributed by atoms with Gasteiger partial charge in [-0.3, -0.25) is 4.79 Å². The highest BCUT2D eigenvalue weighted by Gasteiger charge is 2.27. The van der Waals surface area contributed by atoms with Gasteiger partial charge in [0.1, 0.15) is 6.61 Å². The maximum Gasteiger partial charge on any atom is 0.287 e. The molecule has 0 aliphatic rings. The number of aliphatic hydroxyl groups excluding tert-OH is 1. The van der Waals surface area contributed by atoms with Crippen LogP contribution in [0.2, 0.25) is 0 Å². The van der Waals surface area contributed by atoms with Gasteiger partial charge < -0.3 is 10.4 Å². The van der Waals surface area contributed by atoms with E-state index in [0.29, 0.717) is 5.75 Å². The first-order valence-electron chi connectivity index (χ1n) is 5.47. The third-order valence-electron chi connectivity index (χ3n) is 2.12. The Hall–Kier alpha value is -1.14. The van der Waals surface area contributed by atoms with Crippen LogP contribution in [0.1, 0.15) is 6.42 Å². The van der Waals surface area contributed by atoms with Crippen molar-refractivity contribution in [3.05, 3.63) is 30.3 Å². The van der Waals surface area contributed by atoms with Gasteiger partial charge in [-0.05, 0) is 12.1 Å². The predicted octanol–water partition coefficient (Wildman–Crippen LogP) is 1.91. The summed E-state index contributed by atoms with van der Waals surface area (Å²) < 4.78 is 25.3. The summed E-state index contributed by atoms with van der Waals surface area (Å²) in [4.78, 5) is 12.3. The zero-order chi connectivity index (χ0) is 13.4. The van der Waals surface area contributed by atoms with E-state index in [0.717, 1.165) is 4.90 Å². The maximum absolute atomic E-state index is 12.6. The van der Waals surface area contributed by atoms with Crippen molar-refractivity contribution < 1.29 is 18.7 Å². The quantitative estimate of drug-likeness (QED) is 0.747. The second kappa shape index (κ2) is 7.33. The molecule has 18 heavy (non-hydrogen) atoms. The standard InChI is InChI=1S/C12H15F2NO2S/c13-12(14,9-16)8-15-11(17)6-7-18-10-4-2-1-3-5-10/h1-5,16H,6-9H2,(H,15,17). The third kappa shape index (κ3) is 5.97. The van der Waals surface area contributed by atoms with Crippen molar-refractivity contribution in [1.29, 1.82) is 0 Å². The van der Waals surface area contributed by atoms with Gasteiger partial charge in [-0.1, -0.05) is 18.2 Å². The summed E-state index contributed by atoms with van der Waals surface area (Å²) >= 11 is 1.49. The highest BCUT2D eigenvalue weighted by atomic mass is 32.2. The van der Waals surface area contributed by atoms with Gasteiger partial charge in [0.25, 0.3) is 5.92 Å². The fourth-order valence-corrected chi connectivity index (χ4v) is 2.02. The fraction of sp³-hybridized carbons (Fsp3) is 0.417. The van der Waals surface area contributed by atoms with Gasteiger partial charge in [-0.15, -0.1) is 11.8 Å². The molecule has 2 N–H and O–H groups in total. The molecule has 0 bridgehead atoms. The first kappa shape index (κ1) is 14.9. The maximum atomic E-state index is 12.6. The molecule has 0 saturated carbocycles. The van der Waals surface area contributed by atoms with Crippen LogP contribution in [0, 0.1) is 0 Å². The van der Waals surface area contributed by atoms with Gasteiger partial charge in [-0.25, -0.2) is 8.78 Å². The zero-order valence-electron chi connectivity index (χ0n) is 9.73. The predicted molar refractivity (Wildman–Crippen MR) is 66.8 cm³/mol. The normalized spacial score (nSPS) is 11.3. The Kier molecular flexibility index (Phi) is 6.07. The highest BCUT2D eigenvalue weighted by Crippen LogP contribution is 2.17. The molecule has 1 rings (SSSR count). The molecule has 0 aliphatic heterocycles. The van der Waals surface area contributed by atoms with Crippen LogP contribution in [0.25, 0.3) is 0 Å². The van der Waals surface area contributed by atoms with Gasteiger partial charge in [0.2, 0.25) is 5.91 Å². The molecule has 0 saturated heterocycles. The van der Waals surface area contributed by atoms with Gasteiger partial charge in [-0.2, -0.15) is 0 Å². The van der Waals surface area contributed by atoms with Crippen molar-refractivity contribution in [2.75, 3.05) is 18.9 Å². The highest BCUT2D eigenvalue weighted by molar-refractivity contribution is 7.99. The molecule has 0 spiro atoms. The Morgan fingerprint density at radius 2 is 2.00 bits per heavy atom. The monoisotopic (exact) mass is 275 g/mol. The number of hydrogen-bond acceptors (Lipinski definition) is 3. The van der Waals surface area contributed by atoms with Crippen molar-refractivity contribution in [2.45, 2.75) is 17.2 Å². The van der Waals surface area contributed by atoms with Crippen LogP contribution in [0.5, 0.6) is 0 Å². The molecule has 0 atom stereocenters. The Morgan fingerprint density at radius 3 is 2.61 bits per heavy atom. The number of thioether (sulfide) groups is 1. The first-order chi connectivity index (χ1) is 8.53. The lowest BCUT2D eigenvalue weighted by Gasteiger charge is -2.13. The Labute approximate surface area is 109 Å². The number of rotatable bonds is 7. The summed E-state index contributed by atoms with van der Waals surface area (Å²) in [7, 11) is 0. The summed E-state index contributed by atoms with van der Waals surface area (Å²) in [6.45, 7) is -2.08. The van der Waals surface area contributed by atoms with E-state index in [4.69, 9.17) is 5.11 Å². The Balaban J connectivity index is 2.18. The van der Waals surface area contributed by atoms with Crippen LogP contribution in [-0.4, -0.2) is 35.8 Å². The average Bonchev–Trinajstić information content (AvgIpc) is 2.38. The fourth-order valence-electron chi connectivity index (χ4n) is 1.15. The van der Waals surface area contributed by atoms with Crippen molar-refractivity contribution in [3.63, 3.8) is 0 Å². The third-order valence-corrected chi connectivity index (χ3v) is 3.13. The average molecular weight is 275 g/mol. The molecule has 1 aromatic carbocycles. The molecule has 0 unspecified atom stereocenters. The summed E-state index contributed by atoms with van der Waals surface area (Å²) in [6.07, 6.45) is 0.168. The summed E-state index contributed by atoms with van der Waals surface area (Å²) in [6, 6.07) is 9.52. The zero-order valence-corrected chi connectivity index (χ0v) is 10.6. The van der Waals surface area contributed by atoms with Crippen molar-refractivity contribution in [3.8, 4) is 0 Å². The summed E-state index contributed by atoms with van der Waals surface area (Å²) in [5, 5.41) is 10.4. The molecule has 0 aliphatic carbocycles. The summed E-state index contributed by atoms with van der Waals surface area (Å²) in [5.41, 5.74) is 0. The molecule has 0 heterocycles. The summed E-state index contributed by atoms with van der Waals surface area (Å²) in [5.74, 6) is -3.16. The second-order valence-corrected chi connectivity index (χ2v) is 4.87. The number of hydrogen-bond donors (Lipinski definition) is 2. The molecule has 0 fully saturated rings. The van der Waals surface area contributed by atoms with Gasteiger partial charge in [0, 0.05) is 17.1 Å². The molecule has 3 nitrogen and oxygen atoms in total. The lowest BCUT2D eigenvalue weighted by atomic mass is 10.3. The lowest BCUT2D eigenvalue weighted by molar-refractivity contribution is -0.123. The van der Waals surface area contributed by atoms with Crippen molar-refractivity contribution >= 4 is 17.7 Å². The number of alkyl halides is 2. The number of halogens is 2. The molecule has 6 heteroatoms. The van der Waals surface area contributed by atoms with Crippen molar-refractivity contribution in [2.24, 2.45) is 0 Å². The minimum Gasteiger partial charge on any atom is -0.390 e. The van der Waals surface area contributed by atoms with E-state index in [1.54, 1.807) is 0 Å². The Bertz CT molecular complexity index is 374. The van der Waals surface area contributed by atoms with E-state index in [-0.39, 0.29) is 6.42 Å². The first-order valence-corrected chi connectivity index (χ1v) is 6.45. The van der Waals surface area contributed by atoms with E-state index < -0.39 is 25.0 Å². The largest absolute Gasteiger partial charge is 0.390 e. The van der Waals surface area contributed by atoms with Crippen molar-refractivity contribution in [1.82, 2.24) is 5.32 Å². The SMILES string of the molecule is O=C(CCSc1ccccc1)NCC(F)(F)CO. The number of nitrogens with one attached hydrogen (secondary N) is 1. The van der Waals surface area contributed by atoms with Crippen LogP contribution in [0.4, 0.5) is 8.78 Å². The number of amides is 1. The van der Waals surface area contributed by atoms with Crippen LogP contribution in [-0.2, 0) is 4.79 Å². The minimum absolute atomic E-state index is 0.168. The molecule has 1 amide bonds. The Morgan fingerprint density at radius 1 is 1.33 bits per heavy atom. The number of carbonyl (C=O) groups is 1. The minimum atomic E-state index is -3.25. The molecular formula is C12H15F2NO2S. The van der Waals surface area contributed by atoms with E-state index >= 15 is 0 Å². The van der Waals surface area contributed by atoms with Gasteiger partial charge in [0.05, 0.1) is 6.54 Å². The molecule has 1 aromatic rings. The molecule has 100 valence electrons. The van der Waals surface area contributed by atoms with E-state index in [9.17, 15) is 13.6 Å². The van der Waals surface area contributed by atoms with Crippen LogP contribution in [0.15, 0.2) is 35.2 Å². The molecular weight excluding hydrogens is 260 g/mol. The van der Waals surface area contributed by atoms with E-state index in [1.807, 2.05) is 30.3 Å². The number of carbonyl (C=O) groups excluding carboxylic acids is 1. The van der Waals surface area contributed by atoms with E-state index in [2.05, 4.69) is 5.32 Å². The van der Waals surface area contributed by atoms with Gasteiger partial charge in [0.15, 0.2) is 0 Å². The number of benzene rings is 1. The van der Waals surface area contributed by atoms with Gasteiger partial charge >= 0.3 is 0 Å². The second-order valence-electron chi connectivity index (χ2n) is 3.70. The molecule has 0 radical (unpaired) electrons. The van der Waals surface area contributed by atoms with Crippen LogP contribution < -0.4 is 5.32 Å². The molecule has 0 aromatic heterocycles. The smallest absolute Gasteiger partial charge is 0.287 e. The van der Waals surface area contributed by atoms with Crippen LogP contribution >= 0.6 is 11.8 Å². The lowest BCUT2D eigenvalue weighted by Crippen LogP contribution is -2.39. The number of aliphatic hydroxyl groups is 1.